The summed E-state index contributed by atoms with van der Waals surface area (Å²) in [6.45, 7) is 17.6. The van der Waals surface area contributed by atoms with Gasteiger partial charge in [0, 0.05) is 44.3 Å². The van der Waals surface area contributed by atoms with Crippen molar-refractivity contribution in [2.75, 3.05) is 32.7 Å². The van der Waals surface area contributed by atoms with E-state index in [1.807, 2.05) is 20.8 Å². The van der Waals surface area contributed by atoms with Crippen molar-refractivity contribution in [2.45, 2.75) is 71.8 Å². The zero-order chi connectivity index (χ0) is 17.8. The zero-order valence-electron chi connectivity index (χ0n) is 15.8. The van der Waals surface area contributed by atoms with Crippen LogP contribution in [0.2, 0.25) is 0 Å². The second kappa shape index (κ2) is 7.81. The highest BCUT2D eigenvalue weighted by atomic mass is 16.6. The summed E-state index contributed by atoms with van der Waals surface area (Å²) < 4.78 is 5.43. The van der Waals surface area contributed by atoms with Gasteiger partial charge in [-0.2, -0.15) is 0 Å². The first-order chi connectivity index (χ1) is 10.4. The van der Waals surface area contributed by atoms with E-state index < -0.39 is 5.60 Å². The highest BCUT2D eigenvalue weighted by Crippen LogP contribution is 2.19. The fourth-order valence-corrected chi connectivity index (χ4v) is 2.63. The SMILES string of the molecule is CC(O)CNC(C)(C)C(C)N1CCN(C(=O)OC(C)(C)C)CC1. The number of aliphatic hydroxyl groups excluding tert-OH is 1. The van der Waals surface area contributed by atoms with Gasteiger partial charge in [-0.05, 0) is 48.5 Å². The molecule has 1 saturated heterocycles. The topological polar surface area (TPSA) is 65.0 Å². The molecule has 136 valence electrons. The third kappa shape index (κ3) is 6.65. The van der Waals surface area contributed by atoms with Crippen LogP contribution in [0.4, 0.5) is 4.79 Å². The molecule has 1 rings (SSSR count). The quantitative estimate of drug-likeness (QED) is 0.803. The van der Waals surface area contributed by atoms with Gasteiger partial charge < -0.3 is 20.1 Å². The maximum Gasteiger partial charge on any atom is 0.410 e. The van der Waals surface area contributed by atoms with Gasteiger partial charge in [0.2, 0.25) is 0 Å². The molecule has 2 unspecified atom stereocenters. The van der Waals surface area contributed by atoms with E-state index in [1.165, 1.54) is 0 Å². The van der Waals surface area contributed by atoms with Crippen LogP contribution in [-0.4, -0.2) is 77.0 Å². The second-order valence-corrected chi connectivity index (χ2v) is 8.13. The Balaban J connectivity index is 2.50. The number of carbonyl (C=O) groups is 1. The van der Waals surface area contributed by atoms with Crippen LogP contribution < -0.4 is 5.32 Å². The van der Waals surface area contributed by atoms with Crippen molar-refractivity contribution in [3.8, 4) is 0 Å². The maximum atomic E-state index is 12.1. The van der Waals surface area contributed by atoms with Gasteiger partial charge in [0.25, 0.3) is 0 Å². The minimum Gasteiger partial charge on any atom is -0.444 e. The molecule has 0 spiro atoms. The summed E-state index contributed by atoms with van der Waals surface area (Å²) in [5.74, 6) is 0. The summed E-state index contributed by atoms with van der Waals surface area (Å²) >= 11 is 0. The number of nitrogens with one attached hydrogen (secondary N) is 1. The summed E-state index contributed by atoms with van der Waals surface area (Å²) in [5.41, 5.74) is -0.556. The van der Waals surface area contributed by atoms with E-state index in [0.29, 0.717) is 25.7 Å². The summed E-state index contributed by atoms with van der Waals surface area (Å²) in [5, 5.41) is 12.9. The van der Waals surface area contributed by atoms with E-state index in [0.717, 1.165) is 13.1 Å². The van der Waals surface area contributed by atoms with Crippen molar-refractivity contribution in [1.82, 2.24) is 15.1 Å². The van der Waals surface area contributed by atoms with Crippen molar-refractivity contribution >= 4 is 6.09 Å². The number of hydrogen-bond donors (Lipinski definition) is 2. The molecule has 6 nitrogen and oxygen atoms in total. The first-order valence-electron chi connectivity index (χ1n) is 8.57. The molecule has 1 aliphatic heterocycles. The van der Waals surface area contributed by atoms with Gasteiger partial charge in [-0.3, -0.25) is 4.90 Å². The lowest BCUT2D eigenvalue weighted by atomic mass is 9.93. The Kier molecular flexibility index (Phi) is 6.86. The predicted molar refractivity (Wildman–Crippen MR) is 92.6 cm³/mol. The summed E-state index contributed by atoms with van der Waals surface area (Å²) in [6, 6.07) is 0.307. The van der Waals surface area contributed by atoms with Crippen molar-refractivity contribution in [3.63, 3.8) is 0 Å². The molecule has 1 amide bonds. The van der Waals surface area contributed by atoms with Crippen molar-refractivity contribution in [1.29, 1.82) is 0 Å². The summed E-state index contributed by atoms with van der Waals surface area (Å²) in [4.78, 5) is 16.3. The number of rotatable bonds is 5. The Morgan fingerprint density at radius 3 is 2.09 bits per heavy atom. The molecule has 0 aromatic carbocycles. The number of β-amino-alcohol motifs (C(OH)–C–C–N with tert-alkyl or cyclic N) is 1. The monoisotopic (exact) mass is 329 g/mol. The minimum atomic E-state index is -0.450. The van der Waals surface area contributed by atoms with E-state index in [2.05, 4.69) is 31.0 Å². The second-order valence-electron chi connectivity index (χ2n) is 8.13. The largest absolute Gasteiger partial charge is 0.444 e. The van der Waals surface area contributed by atoms with Crippen LogP contribution in [0.3, 0.4) is 0 Å². The van der Waals surface area contributed by atoms with Gasteiger partial charge in [0.1, 0.15) is 5.60 Å². The Morgan fingerprint density at radius 2 is 1.65 bits per heavy atom. The molecule has 0 saturated carbocycles. The molecule has 0 aliphatic carbocycles. The number of ether oxygens (including phenoxy) is 1. The van der Waals surface area contributed by atoms with Crippen LogP contribution in [0.5, 0.6) is 0 Å². The number of piperazine rings is 1. The Bertz CT molecular complexity index is 383. The maximum absolute atomic E-state index is 12.1. The van der Waals surface area contributed by atoms with Crippen LogP contribution in [0.15, 0.2) is 0 Å². The molecule has 1 heterocycles. The average Bonchev–Trinajstić information content (AvgIpc) is 2.43. The van der Waals surface area contributed by atoms with E-state index in [1.54, 1.807) is 11.8 Å². The van der Waals surface area contributed by atoms with E-state index >= 15 is 0 Å². The number of carbonyl (C=O) groups excluding carboxylic acids is 1. The first-order valence-corrected chi connectivity index (χ1v) is 8.57. The highest BCUT2D eigenvalue weighted by Gasteiger charge is 2.34. The van der Waals surface area contributed by atoms with Gasteiger partial charge in [0.05, 0.1) is 6.10 Å². The fourth-order valence-electron chi connectivity index (χ4n) is 2.63. The van der Waals surface area contributed by atoms with Crippen LogP contribution in [-0.2, 0) is 4.74 Å². The number of hydrogen-bond acceptors (Lipinski definition) is 5. The third-order valence-corrected chi connectivity index (χ3v) is 4.41. The van der Waals surface area contributed by atoms with Crippen LogP contribution in [0.1, 0.15) is 48.5 Å². The highest BCUT2D eigenvalue weighted by molar-refractivity contribution is 5.68. The predicted octanol–water partition coefficient (Wildman–Crippen LogP) is 1.68. The molecule has 0 aromatic heterocycles. The van der Waals surface area contributed by atoms with Crippen molar-refractivity contribution in [2.24, 2.45) is 0 Å². The van der Waals surface area contributed by atoms with E-state index in [9.17, 15) is 9.90 Å². The number of aliphatic hydroxyl groups is 1. The first kappa shape index (κ1) is 20.2. The van der Waals surface area contributed by atoms with Crippen LogP contribution in [0, 0.1) is 0 Å². The Labute approximate surface area is 141 Å². The number of nitrogens with zero attached hydrogens (tertiary/aromatic N) is 2. The van der Waals surface area contributed by atoms with Gasteiger partial charge >= 0.3 is 6.09 Å². The third-order valence-electron chi connectivity index (χ3n) is 4.41. The molecule has 23 heavy (non-hydrogen) atoms. The number of amides is 1. The van der Waals surface area contributed by atoms with Gasteiger partial charge in [-0.25, -0.2) is 4.79 Å². The van der Waals surface area contributed by atoms with E-state index in [4.69, 9.17) is 4.74 Å². The smallest absolute Gasteiger partial charge is 0.410 e. The lowest BCUT2D eigenvalue weighted by Crippen LogP contribution is -2.61. The van der Waals surface area contributed by atoms with Crippen LogP contribution >= 0.6 is 0 Å². The standard InChI is InChI=1S/C17H35N3O3/c1-13(21)12-18-17(6,7)14(2)19-8-10-20(11-9-19)15(22)23-16(3,4)5/h13-14,18,21H,8-12H2,1-7H3. The fraction of sp³-hybridized carbons (Fsp3) is 0.941. The molecule has 2 N–H and O–H groups in total. The molecule has 6 heteroatoms. The van der Waals surface area contributed by atoms with Crippen LogP contribution in [0.25, 0.3) is 0 Å². The summed E-state index contributed by atoms with van der Waals surface area (Å²) in [6.07, 6.45) is -0.582. The zero-order valence-corrected chi connectivity index (χ0v) is 15.8. The average molecular weight is 329 g/mol. The molecular weight excluding hydrogens is 294 g/mol. The molecule has 1 fully saturated rings. The molecule has 0 radical (unpaired) electrons. The lowest BCUT2D eigenvalue weighted by molar-refractivity contribution is 0.00557. The summed E-state index contributed by atoms with van der Waals surface area (Å²) in [7, 11) is 0. The van der Waals surface area contributed by atoms with Gasteiger partial charge in [0.15, 0.2) is 0 Å². The molecule has 0 bridgehead atoms. The molecular formula is C17H35N3O3. The molecule has 2 atom stereocenters. The molecule has 1 aliphatic rings. The minimum absolute atomic E-state index is 0.106. The lowest BCUT2D eigenvalue weighted by Gasteiger charge is -2.44. The normalized spacial score (nSPS) is 20.3. The Hall–Kier alpha value is -0.850. The van der Waals surface area contributed by atoms with Crippen molar-refractivity contribution < 1.29 is 14.6 Å². The Morgan fingerprint density at radius 1 is 1.13 bits per heavy atom. The van der Waals surface area contributed by atoms with Gasteiger partial charge in [-0.1, -0.05) is 0 Å². The van der Waals surface area contributed by atoms with Gasteiger partial charge in [-0.15, -0.1) is 0 Å². The van der Waals surface area contributed by atoms with Crippen molar-refractivity contribution in [3.05, 3.63) is 0 Å². The van der Waals surface area contributed by atoms with E-state index in [-0.39, 0.29) is 17.7 Å². The molecule has 0 aromatic rings.